The van der Waals surface area contributed by atoms with Crippen LogP contribution in [0, 0.1) is 0 Å². The van der Waals surface area contributed by atoms with Crippen molar-refractivity contribution in [3.8, 4) is 28.2 Å². The van der Waals surface area contributed by atoms with Gasteiger partial charge in [0.25, 0.3) is 0 Å². The Balaban J connectivity index is 1.86. The van der Waals surface area contributed by atoms with Crippen molar-refractivity contribution in [3.05, 3.63) is 118 Å². The summed E-state index contributed by atoms with van der Waals surface area (Å²) in [6, 6.07) is 30.4. The molecule has 2 aromatic heterocycles. The number of nitrogens with zero attached hydrogens (tertiary/aromatic N) is 4. The number of benzene rings is 3. The van der Waals surface area contributed by atoms with Gasteiger partial charge in [-0.3, -0.25) is 0 Å². The van der Waals surface area contributed by atoms with Crippen molar-refractivity contribution in [2.24, 2.45) is 0 Å². The van der Waals surface area contributed by atoms with E-state index in [1.165, 1.54) is 13.6 Å². The van der Waals surface area contributed by atoms with Gasteiger partial charge in [0.05, 0.1) is 17.1 Å². The Kier molecular flexibility index (Phi) is 4.75. The van der Waals surface area contributed by atoms with E-state index in [9.17, 15) is 9.59 Å². The van der Waals surface area contributed by atoms with Crippen LogP contribution in [0.4, 0.5) is 5.69 Å². The van der Waals surface area contributed by atoms with Gasteiger partial charge in [-0.05, 0) is 36.4 Å². The average Bonchev–Trinajstić information content (AvgIpc) is 3.10. The van der Waals surface area contributed by atoms with Crippen molar-refractivity contribution in [2.75, 3.05) is 19.0 Å². The third kappa shape index (κ3) is 3.13. The molecule has 32 heavy (non-hydrogen) atoms. The lowest BCUT2D eigenvalue weighted by Gasteiger charge is -2.12. The van der Waals surface area contributed by atoms with Crippen LogP contribution in [0.3, 0.4) is 0 Å². The van der Waals surface area contributed by atoms with Crippen LogP contribution in [-0.2, 0) is 0 Å². The molecule has 0 unspecified atom stereocenters. The van der Waals surface area contributed by atoms with Crippen LogP contribution in [0.2, 0.25) is 0 Å². The predicted octanol–water partition coefficient (Wildman–Crippen LogP) is 3.95. The molecule has 0 atom stereocenters. The van der Waals surface area contributed by atoms with Crippen LogP contribution in [0.15, 0.2) is 107 Å². The maximum absolute atomic E-state index is 13.6. The van der Waals surface area contributed by atoms with Crippen molar-refractivity contribution in [1.82, 2.24) is 13.6 Å². The third-order valence-corrected chi connectivity index (χ3v) is 5.56. The summed E-state index contributed by atoms with van der Waals surface area (Å²) < 4.78 is 4.14. The summed E-state index contributed by atoms with van der Waals surface area (Å²) >= 11 is 0. The second kappa shape index (κ2) is 7.74. The van der Waals surface area contributed by atoms with Crippen molar-refractivity contribution in [1.29, 1.82) is 0 Å². The van der Waals surface area contributed by atoms with E-state index in [1.54, 1.807) is 12.1 Å². The Hall–Kier alpha value is -4.32. The molecule has 5 aromatic rings. The molecule has 0 bridgehead atoms. The standard InChI is InChI=1S/C26H22N4O2/c1-27(2)21-13-15-22(16-14-21)28-25(31)29-23(19-9-5-3-6-10-19)17-18-24(30(29)26(28)32)20-11-7-4-8-12-20/h3-18H,1-2H3. The first-order valence-corrected chi connectivity index (χ1v) is 10.3. The summed E-state index contributed by atoms with van der Waals surface area (Å²) in [7, 11) is 3.89. The monoisotopic (exact) mass is 422 g/mol. The molecule has 0 aliphatic heterocycles. The summed E-state index contributed by atoms with van der Waals surface area (Å²) in [4.78, 5) is 29.3. The first-order valence-electron chi connectivity index (χ1n) is 10.3. The molecule has 0 amide bonds. The number of fused-ring (bicyclic) bond motifs is 1. The second-order valence-electron chi connectivity index (χ2n) is 7.77. The molecular weight excluding hydrogens is 400 g/mol. The fraction of sp³-hybridized carbons (Fsp3) is 0.0769. The Morgan fingerprint density at radius 2 is 1.00 bits per heavy atom. The molecule has 6 heteroatoms. The summed E-state index contributed by atoms with van der Waals surface area (Å²) in [6.07, 6.45) is 0. The van der Waals surface area contributed by atoms with Gasteiger partial charge in [-0.15, -0.1) is 0 Å². The highest BCUT2D eigenvalue weighted by molar-refractivity contribution is 5.65. The Labute approximate surface area is 184 Å². The molecule has 0 aliphatic rings. The van der Waals surface area contributed by atoms with E-state index in [0.717, 1.165) is 16.8 Å². The SMILES string of the molecule is CN(C)c1ccc(-n2c(=O)n3c(-c4ccccc4)ccc(-c4ccccc4)n3c2=O)cc1. The fourth-order valence-corrected chi connectivity index (χ4v) is 3.94. The lowest BCUT2D eigenvalue weighted by Crippen LogP contribution is -2.26. The minimum atomic E-state index is -0.413. The lowest BCUT2D eigenvalue weighted by atomic mass is 10.1. The quantitative estimate of drug-likeness (QED) is 0.441. The summed E-state index contributed by atoms with van der Waals surface area (Å²) in [6.45, 7) is 0. The molecule has 0 N–H and O–H groups in total. The molecule has 158 valence electrons. The molecular formula is C26H22N4O2. The zero-order valence-electron chi connectivity index (χ0n) is 17.8. The van der Waals surface area contributed by atoms with Gasteiger partial charge >= 0.3 is 11.4 Å². The van der Waals surface area contributed by atoms with E-state index < -0.39 is 11.4 Å². The Morgan fingerprint density at radius 1 is 0.562 bits per heavy atom. The smallest absolute Gasteiger partial charge is 0.356 e. The maximum atomic E-state index is 13.6. The first kappa shape index (κ1) is 19.6. The number of anilines is 1. The Bertz CT molecular complexity index is 1420. The van der Waals surface area contributed by atoms with E-state index >= 15 is 0 Å². The van der Waals surface area contributed by atoms with Crippen molar-refractivity contribution >= 4 is 5.69 Å². The van der Waals surface area contributed by atoms with E-state index in [4.69, 9.17) is 0 Å². The maximum Gasteiger partial charge on any atom is 0.356 e. The molecule has 0 fully saturated rings. The molecule has 0 radical (unpaired) electrons. The number of hydrogen-bond donors (Lipinski definition) is 0. The van der Waals surface area contributed by atoms with Gasteiger partial charge in [0.1, 0.15) is 0 Å². The van der Waals surface area contributed by atoms with Crippen LogP contribution in [-0.4, -0.2) is 27.7 Å². The van der Waals surface area contributed by atoms with Crippen molar-refractivity contribution < 1.29 is 0 Å². The Morgan fingerprint density at radius 3 is 1.41 bits per heavy atom. The van der Waals surface area contributed by atoms with E-state index in [-0.39, 0.29) is 0 Å². The zero-order valence-corrected chi connectivity index (χ0v) is 17.8. The summed E-state index contributed by atoms with van der Waals surface area (Å²) in [5, 5.41) is 0. The highest BCUT2D eigenvalue weighted by Crippen LogP contribution is 2.23. The number of aromatic nitrogens is 3. The summed E-state index contributed by atoms with van der Waals surface area (Å²) in [5.74, 6) is 0. The van der Waals surface area contributed by atoms with Gasteiger partial charge in [0, 0.05) is 30.9 Å². The van der Waals surface area contributed by atoms with Crippen LogP contribution in [0.1, 0.15) is 0 Å². The molecule has 3 aromatic carbocycles. The third-order valence-electron chi connectivity index (χ3n) is 5.56. The first-order chi connectivity index (χ1) is 15.6. The highest BCUT2D eigenvalue weighted by atomic mass is 16.2. The van der Waals surface area contributed by atoms with Crippen molar-refractivity contribution in [2.45, 2.75) is 0 Å². The minimum Gasteiger partial charge on any atom is -0.378 e. The van der Waals surface area contributed by atoms with E-state index in [0.29, 0.717) is 17.1 Å². The molecule has 5 rings (SSSR count). The van der Waals surface area contributed by atoms with Gasteiger partial charge in [0.2, 0.25) is 0 Å². The highest BCUT2D eigenvalue weighted by Gasteiger charge is 2.19. The topological polar surface area (TPSA) is 51.1 Å². The predicted molar refractivity (Wildman–Crippen MR) is 128 cm³/mol. The number of rotatable bonds is 4. The normalized spacial score (nSPS) is 11.1. The van der Waals surface area contributed by atoms with Gasteiger partial charge < -0.3 is 4.90 Å². The zero-order chi connectivity index (χ0) is 22.2. The minimum absolute atomic E-state index is 0.413. The van der Waals surface area contributed by atoms with Gasteiger partial charge in [-0.1, -0.05) is 60.7 Å². The van der Waals surface area contributed by atoms with Crippen LogP contribution >= 0.6 is 0 Å². The molecule has 0 saturated carbocycles. The van der Waals surface area contributed by atoms with Crippen molar-refractivity contribution in [3.63, 3.8) is 0 Å². The van der Waals surface area contributed by atoms with Gasteiger partial charge in [0.15, 0.2) is 0 Å². The van der Waals surface area contributed by atoms with Crippen LogP contribution in [0.5, 0.6) is 0 Å². The van der Waals surface area contributed by atoms with Gasteiger partial charge in [-0.25, -0.2) is 14.2 Å². The van der Waals surface area contributed by atoms with E-state index in [2.05, 4.69) is 0 Å². The molecule has 0 aliphatic carbocycles. The average molecular weight is 422 g/mol. The fourth-order valence-electron chi connectivity index (χ4n) is 3.94. The van der Waals surface area contributed by atoms with Gasteiger partial charge in [-0.2, -0.15) is 9.03 Å². The number of hydrogen-bond acceptors (Lipinski definition) is 3. The van der Waals surface area contributed by atoms with E-state index in [1.807, 2.05) is 104 Å². The van der Waals surface area contributed by atoms with Crippen LogP contribution < -0.4 is 16.3 Å². The summed E-state index contributed by atoms with van der Waals surface area (Å²) in [5.41, 5.74) is 3.69. The second-order valence-corrected chi connectivity index (χ2v) is 7.77. The molecule has 0 saturated heterocycles. The largest absolute Gasteiger partial charge is 0.378 e. The molecule has 2 heterocycles. The molecule has 6 nitrogen and oxygen atoms in total. The molecule has 0 spiro atoms. The van der Waals surface area contributed by atoms with Crippen LogP contribution in [0.25, 0.3) is 28.2 Å². The lowest BCUT2D eigenvalue weighted by molar-refractivity contribution is 0.789.